The summed E-state index contributed by atoms with van der Waals surface area (Å²) in [6.07, 6.45) is 3.33. The van der Waals surface area contributed by atoms with E-state index in [1.54, 1.807) is 23.0 Å². The van der Waals surface area contributed by atoms with E-state index in [9.17, 15) is 14.3 Å². The van der Waals surface area contributed by atoms with Gasteiger partial charge in [0.15, 0.2) is 0 Å². The number of hydrogen-bond acceptors (Lipinski definition) is 4. The monoisotopic (exact) mass is 346 g/mol. The van der Waals surface area contributed by atoms with Gasteiger partial charge in [-0.1, -0.05) is 12.1 Å². The molecule has 134 valence electrons. The van der Waals surface area contributed by atoms with Crippen LogP contribution in [0.2, 0.25) is 0 Å². The summed E-state index contributed by atoms with van der Waals surface area (Å²) in [7, 11) is 0. The number of rotatable bonds is 6. The largest absolute Gasteiger partial charge is 0.390 e. The van der Waals surface area contributed by atoms with Crippen molar-refractivity contribution in [2.75, 3.05) is 32.7 Å². The van der Waals surface area contributed by atoms with Crippen LogP contribution in [0.4, 0.5) is 4.39 Å². The molecule has 1 fully saturated rings. The van der Waals surface area contributed by atoms with E-state index < -0.39 is 6.10 Å². The second kappa shape index (κ2) is 8.22. The minimum Gasteiger partial charge on any atom is -0.390 e. The number of piperazine rings is 1. The van der Waals surface area contributed by atoms with Crippen molar-refractivity contribution in [3.8, 4) is 0 Å². The number of halogens is 1. The lowest BCUT2D eigenvalue weighted by molar-refractivity contribution is -0.132. The lowest BCUT2D eigenvalue weighted by Crippen LogP contribution is -2.51. The van der Waals surface area contributed by atoms with E-state index >= 15 is 0 Å². The first kappa shape index (κ1) is 17.6. The number of carbonyl (C=O) groups excluding carboxylic acids is 1. The first-order chi connectivity index (χ1) is 12.1. The molecule has 1 aromatic heterocycles. The summed E-state index contributed by atoms with van der Waals surface area (Å²) < 4.78 is 14.6. The minimum absolute atomic E-state index is 0.0587. The molecule has 1 N–H and O–H groups in total. The summed E-state index contributed by atoms with van der Waals surface area (Å²) in [6, 6.07) is 7.88. The normalized spacial score (nSPS) is 16.8. The topological polar surface area (TPSA) is 61.6 Å². The molecule has 0 radical (unpaired) electrons. The molecule has 6 nitrogen and oxygen atoms in total. The molecule has 0 aliphatic carbocycles. The third-order valence-corrected chi connectivity index (χ3v) is 4.42. The number of aliphatic hydroxyl groups is 1. The van der Waals surface area contributed by atoms with Crippen molar-refractivity contribution in [3.05, 3.63) is 54.1 Å². The van der Waals surface area contributed by atoms with Gasteiger partial charge in [-0.15, -0.1) is 0 Å². The Morgan fingerprint density at radius 3 is 2.52 bits per heavy atom. The van der Waals surface area contributed by atoms with Crippen molar-refractivity contribution in [1.82, 2.24) is 19.6 Å². The maximum Gasteiger partial charge on any atom is 0.227 e. The Bertz CT molecular complexity index is 667. The van der Waals surface area contributed by atoms with Gasteiger partial charge in [0.05, 0.1) is 19.1 Å². The zero-order chi connectivity index (χ0) is 17.6. The molecule has 2 aromatic rings. The van der Waals surface area contributed by atoms with Crippen LogP contribution >= 0.6 is 0 Å². The average molecular weight is 346 g/mol. The van der Waals surface area contributed by atoms with Gasteiger partial charge in [0.25, 0.3) is 0 Å². The SMILES string of the molecule is O=C(Cc1ccc(F)cc1)N1CCN(C[C@@H](O)Cn2cccn2)CC1. The smallest absolute Gasteiger partial charge is 0.227 e. The first-order valence-electron chi connectivity index (χ1n) is 8.50. The summed E-state index contributed by atoms with van der Waals surface area (Å²) in [5.74, 6) is -0.234. The number of nitrogens with zero attached hydrogens (tertiary/aromatic N) is 4. The highest BCUT2D eigenvalue weighted by Gasteiger charge is 2.22. The molecule has 25 heavy (non-hydrogen) atoms. The molecular weight excluding hydrogens is 323 g/mol. The van der Waals surface area contributed by atoms with Gasteiger partial charge in [-0.05, 0) is 23.8 Å². The number of benzene rings is 1. The van der Waals surface area contributed by atoms with E-state index in [1.165, 1.54) is 12.1 Å². The van der Waals surface area contributed by atoms with Gasteiger partial charge < -0.3 is 10.0 Å². The Morgan fingerprint density at radius 2 is 1.88 bits per heavy atom. The van der Waals surface area contributed by atoms with Gasteiger partial charge in [0, 0.05) is 45.1 Å². The van der Waals surface area contributed by atoms with Crippen molar-refractivity contribution in [2.45, 2.75) is 19.1 Å². The van der Waals surface area contributed by atoms with Crippen molar-refractivity contribution in [1.29, 1.82) is 0 Å². The van der Waals surface area contributed by atoms with E-state index in [1.807, 2.05) is 17.2 Å². The van der Waals surface area contributed by atoms with Crippen molar-refractivity contribution in [2.24, 2.45) is 0 Å². The van der Waals surface area contributed by atoms with Crippen LogP contribution in [0.25, 0.3) is 0 Å². The maximum atomic E-state index is 12.9. The van der Waals surface area contributed by atoms with Gasteiger partial charge in [0.1, 0.15) is 5.82 Å². The number of amides is 1. The van der Waals surface area contributed by atoms with Crippen LogP contribution in [0.1, 0.15) is 5.56 Å². The Labute approximate surface area is 146 Å². The Hall–Kier alpha value is -2.25. The number of hydrogen-bond donors (Lipinski definition) is 1. The highest BCUT2D eigenvalue weighted by atomic mass is 19.1. The standard InChI is InChI=1S/C18H23FN4O2/c19-16-4-2-15(3-5-16)12-18(25)22-10-8-21(9-11-22)13-17(24)14-23-7-1-6-20-23/h1-7,17,24H,8-14H2/t17-/m1/s1. The van der Waals surface area contributed by atoms with Gasteiger partial charge in [0.2, 0.25) is 5.91 Å². The van der Waals surface area contributed by atoms with Gasteiger partial charge in [-0.2, -0.15) is 5.10 Å². The van der Waals surface area contributed by atoms with E-state index in [4.69, 9.17) is 0 Å². The maximum absolute atomic E-state index is 12.9. The van der Waals surface area contributed by atoms with E-state index in [0.717, 1.165) is 18.7 Å². The third kappa shape index (κ3) is 5.11. The number of carbonyl (C=O) groups is 1. The van der Waals surface area contributed by atoms with Crippen molar-refractivity contribution < 1.29 is 14.3 Å². The van der Waals surface area contributed by atoms with Crippen molar-refractivity contribution >= 4 is 5.91 Å². The molecule has 1 saturated heterocycles. The molecule has 1 aliphatic rings. The highest BCUT2D eigenvalue weighted by Crippen LogP contribution is 2.09. The average Bonchev–Trinajstić information content (AvgIpc) is 3.10. The quantitative estimate of drug-likeness (QED) is 0.839. The summed E-state index contributed by atoms with van der Waals surface area (Å²) in [4.78, 5) is 16.3. The van der Waals surface area contributed by atoms with Crippen LogP contribution in [0.3, 0.4) is 0 Å². The summed E-state index contributed by atoms with van der Waals surface area (Å²) in [6.45, 7) is 3.82. The van der Waals surface area contributed by atoms with Crippen LogP contribution in [0.15, 0.2) is 42.7 Å². The third-order valence-electron chi connectivity index (χ3n) is 4.42. The lowest BCUT2D eigenvalue weighted by atomic mass is 10.1. The fraction of sp³-hybridized carbons (Fsp3) is 0.444. The summed E-state index contributed by atoms with van der Waals surface area (Å²) >= 11 is 0. The summed E-state index contributed by atoms with van der Waals surface area (Å²) in [5.41, 5.74) is 0.823. The molecule has 3 rings (SSSR count). The number of β-amino-alcohol motifs (C(OH)–C–C–N with tert-alkyl or cyclic N) is 1. The second-order valence-electron chi connectivity index (χ2n) is 6.37. The zero-order valence-electron chi connectivity index (χ0n) is 14.1. The fourth-order valence-corrected chi connectivity index (χ4v) is 3.05. The van der Waals surface area contributed by atoms with E-state index in [-0.39, 0.29) is 11.7 Å². The zero-order valence-corrected chi connectivity index (χ0v) is 14.1. The Kier molecular flexibility index (Phi) is 5.78. The minimum atomic E-state index is -0.485. The molecule has 2 heterocycles. The predicted octanol–water partition coefficient (Wildman–Crippen LogP) is 0.770. The Balaban J connectivity index is 1.41. The van der Waals surface area contributed by atoms with E-state index in [2.05, 4.69) is 10.00 Å². The Morgan fingerprint density at radius 1 is 1.16 bits per heavy atom. The molecule has 0 unspecified atom stereocenters. The summed E-state index contributed by atoms with van der Waals surface area (Å²) in [5, 5.41) is 14.2. The molecule has 1 aromatic carbocycles. The number of aliphatic hydroxyl groups excluding tert-OH is 1. The molecule has 0 saturated carbocycles. The molecule has 0 bridgehead atoms. The van der Waals surface area contributed by atoms with E-state index in [0.29, 0.717) is 32.6 Å². The van der Waals surface area contributed by atoms with Crippen LogP contribution < -0.4 is 0 Å². The molecule has 7 heteroatoms. The van der Waals surface area contributed by atoms with Crippen molar-refractivity contribution in [3.63, 3.8) is 0 Å². The highest BCUT2D eigenvalue weighted by molar-refractivity contribution is 5.78. The van der Waals surface area contributed by atoms with Crippen LogP contribution in [0, 0.1) is 5.82 Å². The predicted molar refractivity (Wildman–Crippen MR) is 91.4 cm³/mol. The van der Waals surface area contributed by atoms with Gasteiger partial charge >= 0.3 is 0 Å². The second-order valence-corrected chi connectivity index (χ2v) is 6.37. The van der Waals surface area contributed by atoms with Crippen LogP contribution in [-0.4, -0.2) is 69.4 Å². The van der Waals surface area contributed by atoms with Crippen LogP contribution in [0.5, 0.6) is 0 Å². The molecule has 1 aliphatic heterocycles. The van der Waals surface area contributed by atoms with Crippen LogP contribution in [-0.2, 0) is 17.8 Å². The fourth-order valence-electron chi connectivity index (χ4n) is 3.05. The van der Waals surface area contributed by atoms with Gasteiger partial charge in [-0.3, -0.25) is 14.4 Å². The van der Waals surface area contributed by atoms with Gasteiger partial charge in [-0.25, -0.2) is 4.39 Å². The first-order valence-corrected chi connectivity index (χ1v) is 8.50. The molecule has 1 amide bonds. The lowest BCUT2D eigenvalue weighted by Gasteiger charge is -2.35. The molecule has 0 spiro atoms. The molecular formula is C18H23FN4O2. The molecule has 1 atom stereocenters. The number of aromatic nitrogens is 2.